The van der Waals surface area contributed by atoms with Gasteiger partial charge in [-0.25, -0.2) is 4.39 Å². The van der Waals surface area contributed by atoms with Gasteiger partial charge in [-0.05, 0) is 32.4 Å². The Balaban J connectivity index is 2.78. The second-order valence-electron chi connectivity index (χ2n) is 4.54. The molecule has 2 nitrogen and oxygen atoms in total. The highest BCUT2D eigenvalue weighted by Crippen LogP contribution is 2.28. The second kappa shape index (κ2) is 8.09. The molecule has 0 radical (unpaired) electrons. The van der Waals surface area contributed by atoms with Crippen LogP contribution in [0.1, 0.15) is 51.6 Å². The van der Waals surface area contributed by atoms with Crippen LogP contribution in [-0.4, -0.2) is 13.2 Å². The number of ether oxygens (including phenoxy) is 1. The Morgan fingerprint density at radius 1 is 1.28 bits per heavy atom. The Morgan fingerprint density at radius 2 is 2.06 bits per heavy atom. The molecule has 1 N–H and O–H groups in total. The molecular formula is C15H24FNO. The van der Waals surface area contributed by atoms with Crippen molar-refractivity contribution < 1.29 is 9.13 Å². The monoisotopic (exact) mass is 253 g/mol. The van der Waals surface area contributed by atoms with Gasteiger partial charge in [0.2, 0.25) is 0 Å². The van der Waals surface area contributed by atoms with E-state index in [1.807, 2.05) is 13.0 Å². The number of nitrogens with one attached hydrogen (secondary N) is 1. The van der Waals surface area contributed by atoms with E-state index in [-0.39, 0.29) is 11.9 Å². The molecule has 0 bridgehead atoms. The molecule has 1 aromatic rings. The number of halogens is 1. The van der Waals surface area contributed by atoms with Crippen molar-refractivity contribution in [1.82, 2.24) is 5.32 Å². The van der Waals surface area contributed by atoms with Crippen LogP contribution < -0.4 is 10.1 Å². The summed E-state index contributed by atoms with van der Waals surface area (Å²) in [6.07, 6.45) is 3.06. The van der Waals surface area contributed by atoms with E-state index in [4.69, 9.17) is 4.74 Å². The van der Waals surface area contributed by atoms with Gasteiger partial charge in [0.15, 0.2) is 11.6 Å². The summed E-state index contributed by atoms with van der Waals surface area (Å²) in [5.74, 6) is 0.135. The van der Waals surface area contributed by atoms with Crippen molar-refractivity contribution >= 4 is 0 Å². The van der Waals surface area contributed by atoms with Crippen LogP contribution in [0.2, 0.25) is 0 Å². The summed E-state index contributed by atoms with van der Waals surface area (Å²) in [5, 5.41) is 3.36. The van der Waals surface area contributed by atoms with Crippen LogP contribution in [0.3, 0.4) is 0 Å². The van der Waals surface area contributed by atoms with Crippen LogP contribution in [0.15, 0.2) is 18.2 Å². The first-order valence-electron chi connectivity index (χ1n) is 6.85. The molecule has 0 fully saturated rings. The van der Waals surface area contributed by atoms with Crippen molar-refractivity contribution in [1.29, 1.82) is 0 Å². The smallest absolute Gasteiger partial charge is 0.165 e. The fourth-order valence-corrected chi connectivity index (χ4v) is 1.81. The Labute approximate surface area is 110 Å². The van der Waals surface area contributed by atoms with E-state index in [0.29, 0.717) is 12.4 Å². The molecule has 0 saturated carbocycles. The van der Waals surface area contributed by atoms with Gasteiger partial charge in [0.05, 0.1) is 6.61 Å². The third-order valence-electron chi connectivity index (χ3n) is 2.91. The van der Waals surface area contributed by atoms with Crippen LogP contribution in [-0.2, 0) is 0 Å². The van der Waals surface area contributed by atoms with Crippen molar-refractivity contribution in [3.8, 4) is 5.75 Å². The summed E-state index contributed by atoms with van der Waals surface area (Å²) in [4.78, 5) is 0. The third-order valence-corrected chi connectivity index (χ3v) is 2.91. The fraction of sp³-hybridized carbons (Fsp3) is 0.600. The maximum absolute atomic E-state index is 13.8. The van der Waals surface area contributed by atoms with Gasteiger partial charge in [-0.2, -0.15) is 0 Å². The topological polar surface area (TPSA) is 21.3 Å². The normalized spacial score (nSPS) is 12.4. The van der Waals surface area contributed by atoms with Crippen molar-refractivity contribution in [2.24, 2.45) is 0 Å². The summed E-state index contributed by atoms with van der Waals surface area (Å²) in [6.45, 7) is 7.75. The molecule has 0 heterocycles. The minimum atomic E-state index is -0.270. The summed E-state index contributed by atoms with van der Waals surface area (Å²) < 4.78 is 19.4. The minimum Gasteiger partial charge on any atom is -0.490 e. The zero-order chi connectivity index (χ0) is 13.4. The lowest BCUT2D eigenvalue weighted by Crippen LogP contribution is -2.20. The van der Waals surface area contributed by atoms with E-state index in [1.165, 1.54) is 6.07 Å². The quantitative estimate of drug-likeness (QED) is 0.705. The van der Waals surface area contributed by atoms with Crippen LogP contribution in [0, 0.1) is 5.82 Å². The zero-order valence-corrected chi connectivity index (χ0v) is 11.6. The maximum Gasteiger partial charge on any atom is 0.165 e. The van der Waals surface area contributed by atoms with Gasteiger partial charge in [0.25, 0.3) is 0 Å². The molecule has 1 rings (SSSR count). The van der Waals surface area contributed by atoms with Gasteiger partial charge >= 0.3 is 0 Å². The lowest BCUT2D eigenvalue weighted by Gasteiger charge is -2.18. The third kappa shape index (κ3) is 4.30. The number of hydrogen-bond donors (Lipinski definition) is 1. The van der Waals surface area contributed by atoms with Crippen molar-refractivity contribution in [3.63, 3.8) is 0 Å². The Bertz CT molecular complexity index is 354. The van der Waals surface area contributed by atoms with Crippen LogP contribution >= 0.6 is 0 Å². The van der Waals surface area contributed by atoms with E-state index >= 15 is 0 Å². The summed E-state index contributed by atoms with van der Waals surface area (Å²) >= 11 is 0. The van der Waals surface area contributed by atoms with Crippen molar-refractivity contribution in [2.45, 2.75) is 46.1 Å². The molecule has 0 aliphatic heterocycles. The number of benzene rings is 1. The number of unbranched alkanes of at least 4 members (excludes halogenated alkanes) is 1. The zero-order valence-electron chi connectivity index (χ0n) is 11.6. The molecular weight excluding hydrogens is 229 g/mol. The minimum absolute atomic E-state index is 0.109. The summed E-state index contributed by atoms with van der Waals surface area (Å²) in [7, 11) is 0. The Morgan fingerprint density at radius 3 is 2.72 bits per heavy atom. The van der Waals surface area contributed by atoms with Gasteiger partial charge in [-0.15, -0.1) is 0 Å². The van der Waals surface area contributed by atoms with E-state index in [1.54, 1.807) is 6.07 Å². The highest BCUT2D eigenvalue weighted by molar-refractivity contribution is 5.37. The molecule has 18 heavy (non-hydrogen) atoms. The molecule has 0 aliphatic carbocycles. The van der Waals surface area contributed by atoms with Crippen LogP contribution in [0.5, 0.6) is 5.75 Å². The molecule has 1 unspecified atom stereocenters. The largest absolute Gasteiger partial charge is 0.490 e. The van der Waals surface area contributed by atoms with E-state index in [0.717, 1.165) is 31.4 Å². The molecule has 102 valence electrons. The molecule has 0 spiro atoms. The first-order chi connectivity index (χ1) is 8.70. The lowest BCUT2D eigenvalue weighted by atomic mass is 10.1. The average Bonchev–Trinajstić information content (AvgIpc) is 2.38. The van der Waals surface area contributed by atoms with E-state index < -0.39 is 0 Å². The lowest BCUT2D eigenvalue weighted by molar-refractivity contribution is 0.288. The SMILES string of the molecule is CCCCOc1c(F)cccc1C(C)NCCC. The van der Waals surface area contributed by atoms with Crippen LogP contribution in [0.25, 0.3) is 0 Å². The van der Waals surface area contributed by atoms with E-state index in [2.05, 4.69) is 19.2 Å². The predicted octanol–water partition coefficient (Wildman–Crippen LogP) is 4.07. The Kier molecular flexibility index (Phi) is 6.73. The predicted molar refractivity (Wildman–Crippen MR) is 73.5 cm³/mol. The molecule has 0 amide bonds. The molecule has 0 saturated heterocycles. The first kappa shape index (κ1) is 15.0. The number of hydrogen-bond acceptors (Lipinski definition) is 2. The van der Waals surface area contributed by atoms with E-state index in [9.17, 15) is 4.39 Å². The summed E-state index contributed by atoms with van der Waals surface area (Å²) in [5.41, 5.74) is 0.902. The van der Waals surface area contributed by atoms with Crippen molar-refractivity contribution in [2.75, 3.05) is 13.2 Å². The molecule has 1 aromatic carbocycles. The highest BCUT2D eigenvalue weighted by Gasteiger charge is 2.14. The number of rotatable bonds is 8. The average molecular weight is 253 g/mol. The van der Waals surface area contributed by atoms with Gasteiger partial charge in [-0.1, -0.05) is 32.4 Å². The van der Waals surface area contributed by atoms with Crippen molar-refractivity contribution in [3.05, 3.63) is 29.6 Å². The Hall–Kier alpha value is -1.09. The summed E-state index contributed by atoms with van der Waals surface area (Å²) in [6, 6.07) is 5.23. The van der Waals surface area contributed by atoms with Gasteiger partial charge in [0.1, 0.15) is 0 Å². The maximum atomic E-state index is 13.8. The standard InChI is InChI=1S/C15H24FNO/c1-4-6-11-18-15-13(8-7-9-14(15)16)12(3)17-10-5-2/h7-9,12,17H,4-6,10-11H2,1-3H3. The molecule has 1 atom stereocenters. The first-order valence-corrected chi connectivity index (χ1v) is 6.85. The van der Waals surface area contributed by atoms with Crippen LogP contribution in [0.4, 0.5) is 4.39 Å². The second-order valence-corrected chi connectivity index (χ2v) is 4.54. The van der Waals surface area contributed by atoms with Gasteiger partial charge in [-0.3, -0.25) is 0 Å². The highest BCUT2D eigenvalue weighted by atomic mass is 19.1. The van der Waals surface area contributed by atoms with Gasteiger partial charge < -0.3 is 10.1 Å². The fourth-order valence-electron chi connectivity index (χ4n) is 1.81. The molecule has 0 aromatic heterocycles. The van der Waals surface area contributed by atoms with Gasteiger partial charge in [0, 0.05) is 11.6 Å². The number of para-hydroxylation sites is 1. The molecule has 3 heteroatoms. The molecule has 0 aliphatic rings.